The molecule has 2 unspecified atom stereocenters. The van der Waals surface area contributed by atoms with Crippen molar-refractivity contribution in [1.29, 1.82) is 0 Å². The average molecular weight is 298 g/mol. The number of ether oxygens (including phenoxy) is 4. The summed E-state index contributed by atoms with van der Waals surface area (Å²) < 4.78 is 23.2. The number of hydrogen-bond acceptors (Lipinski definition) is 5. The molecule has 4 atom stereocenters. The van der Waals surface area contributed by atoms with E-state index in [0.717, 1.165) is 5.20 Å². The molecule has 0 aromatic rings. The molecule has 112 valence electrons. The Kier molecular flexibility index (Phi) is 2.89. The Bertz CT molecular complexity index is 492. The van der Waals surface area contributed by atoms with Crippen LogP contribution < -0.4 is 0 Å². The highest BCUT2D eigenvalue weighted by Gasteiger charge is 2.71. The number of hydrogen-bond donors (Lipinski definition) is 0. The maximum Gasteiger partial charge on any atom is 0.193 e. The van der Waals surface area contributed by atoms with Crippen LogP contribution in [-0.2, 0) is 23.7 Å². The van der Waals surface area contributed by atoms with Gasteiger partial charge in [-0.15, -0.1) is 0 Å². The van der Waals surface area contributed by atoms with Gasteiger partial charge < -0.3 is 18.9 Å². The fourth-order valence-corrected chi connectivity index (χ4v) is 5.39. The topological polar surface area (TPSA) is 54.0 Å². The fraction of sp³-hybridized carbons (Fsp3) is 0.786. The van der Waals surface area contributed by atoms with Crippen LogP contribution in [0.3, 0.4) is 0 Å². The minimum Gasteiger partial charge on any atom is -0.353 e. The second-order valence-corrected chi connectivity index (χ2v) is 12.2. The van der Waals surface area contributed by atoms with Crippen molar-refractivity contribution in [2.24, 2.45) is 0 Å². The van der Waals surface area contributed by atoms with E-state index in [0.29, 0.717) is 0 Å². The van der Waals surface area contributed by atoms with Crippen molar-refractivity contribution in [3.63, 3.8) is 0 Å². The molecule has 0 amide bonds. The fourth-order valence-electron chi connectivity index (χ4n) is 3.39. The summed E-state index contributed by atoms with van der Waals surface area (Å²) in [5.74, 6) is -0.741. The molecule has 0 N–H and O–H groups in total. The first-order valence-corrected chi connectivity index (χ1v) is 10.5. The molecule has 1 spiro atoms. The van der Waals surface area contributed by atoms with Gasteiger partial charge in [0, 0.05) is 7.11 Å². The zero-order chi connectivity index (χ0) is 14.9. The molecule has 20 heavy (non-hydrogen) atoms. The third-order valence-electron chi connectivity index (χ3n) is 4.18. The minimum atomic E-state index is -1.68. The van der Waals surface area contributed by atoms with Gasteiger partial charge in [-0.1, -0.05) is 19.6 Å². The first-order valence-electron chi connectivity index (χ1n) is 6.95. The Hall–Kier alpha value is -0.533. The van der Waals surface area contributed by atoms with Crippen molar-refractivity contribution in [2.45, 2.75) is 63.4 Å². The first-order chi connectivity index (χ1) is 9.12. The highest BCUT2D eigenvalue weighted by Crippen LogP contribution is 2.53. The molecule has 2 aliphatic heterocycles. The normalized spacial score (nSPS) is 42.6. The van der Waals surface area contributed by atoms with Crippen LogP contribution >= 0.6 is 0 Å². The Morgan fingerprint density at radius 3 is 2.35 bits per heavy atom. The third kappa shape index (κ3) is 1.72. The molecule has 1 aliphatic carbocycles. The summed E-state index contributed by atoms with van der Waals surface area (Å²) in [6, 6.07) is 0. The van der Waals surface area contributed by atoms with E-state index in [2.05, 4.69) is 19.6 Å². The zero-order valence-corrected chi connectivity index (χ0v) is 13.9. The number of methoxy groups -OCH3 is 1. The van der Waals surface area contributed by atoms with Crippen LogP contribution in [0.5, 0.6) is 0 Å². The van der Waals surface area contributed by atoms with Gasteiger partial charge in [0.2, 0.25) is 0 Å². The molecule has 0 bridgehead atoms. The minimum absolute atomic E-state index is 0.0224. The summed E-state index contributed by atoms with van der Waals surface area (Å²) in [5, 5.41) is 1.09. The van der Waals surface area contributed by atoms with Gasteiger partial charge in [-0.2, -0.15) is 0 Å². The van der Waals surface area contributed by atoms with Crippen molar-refractivity contribution in [3.05, 3.63) is 11.3 Å². The molecule has 2 heterocycles. The van der Waals surface area contributed by atoms with Crippen LogP contribution in [0, 0.1) is 0 Å². The number of rotatable bonds is 2. The number of fused-ring (bicyclic) bond motifs is 2. The largest absolute Gasteiger partial charge is 0.353 e. The second-order valence-electron chi connectivity index (χ2n) is 7.15. The van der Waals surface area contributed by atoms with Gasteiger partial charge in [0.1, 0.15) is 12.2 Å². The summed E-state index contributed by atoms with van der Waals surface area (Å²) in [6.45, 7) is 10.3. The summed E-state index contributed by atoms with van der Waals surface area (Å²) >= 11 is 0. The van der Waals surface area contributed by atoms with E-state index >= 15 is 0 Å². The van der Waals surface area contributed by atoms with Crippen LogP contribution in [0.1, 0.15) is 13.8 Å². The smallest absolute Gasteiger partial charge is 0.193 e. The molecule has 6 heteroatoms. The summed E-state index contributed by atoms with van der Waals surface area (Å²) in [4.78, 5) is 12.4. The van der Waals surface area contributed by atoms with Gasteiger partial charge in [0.15, 0.2) is 23.5 Å². The van der Waals surface area contributed by atoms with Crippen LogP contribution in [-0.4, -0.2) is 50.9 Å². The van der Waals surface area contributed by atoms with E-state index in [1.807, 2.05) is 13.8 Å². The Morgan fingerprint density at radius 2 is 1.85 bits per heavy atom. The Morgan fingerprint density at radius 1 is 1.20 bits per heavy atom. The number of carbonyl (C=O) groups excluding carboxylic acids is 1. The highest BCUT2D eigenvalue weighted by molar-refractivity contribution is 6.85. The molecule has 3 aliphatic rings. The standard InChI is InChI=1S/C14H22O5Si/c1-13(2)17-10-11(18-13)14(19-12(10)16-3)8(15)7-9(14)20(4,5)6/h7,10-12H,1-6H3/t10?,11-,12?,14+/m1/s1. The summed E-state index contributed by atoms with van der Waals surface area (Å²) in [7, 11) is -0.111. The number of carbonyl (C=O) groups is 1. The monoisotopic (exact) mass is 298 g/mol. The third-order valence-corrected chi connectivity index (χ3v) is 6.31. The van der Waals surface area contributed by atoms with E-state index < -0.39 is 31.9 Å². The van der Waals surface area contributed by atoms with Crippen LogP contribution in [0.15, 0.2) is 11.3 Å². The Balaban J connectivity index is 2.03. The van der Waals surface area contributed by atoms with E-state index in [4.69, 9.17) is 18.9 Å². The zero-order valence-electron chi connectivity index (χ0n) is 12.9. The van der Waals surface area contributed by atoms with Gasteiger partial charge in [0.05, 0.1) is 8.07 Å². The van der Waals surface area contributed by atoms with Gasteiger partial charge in [-0.05, 0) is 25.1 Å². The maximum atomic E-state index is 12.4. The first kappa shape index (κ1) is 14.4. The molecule has 0 saturated carbocycles. The molecule has 2 fully saturated rings. The lowest BCUT2D eigenvalue weighted by molar-refractivity contribution is -0.240. The lowest BCUT2D eigenvalue weighted by Gasteiger charge is -2.45. The summed E-state index contributed by atoms with van der Waals surface area (Å²) in [5.41, 5.74) is -0.983. The quantitative estimate of drug-likeness (QED) is 0.725. The van der Waals surface area contributed by atoms with Crippen molar-refractivity contribution in [1.82, 2.24) is 0 Å². The van der Waals surface area contributed by atoms with Gasteiger partial charge in [0.25, 0.3) is 0 Å². The van der Waals surface area contributed by atoms with Gasteiger partial charge in [-0.25, -0.2) is 0 Å². The van der Waals surface area contributed by atoms with Gasteiger partial charge in [-0.3, -0.25) is 4.79 Å². The molecular weight excluding hydrogens is 276 g/mol. The van der Waals surface area contributed by atoms with E-state index in [9.17, 15) is 4.79 Å². The van der Waals surface area contributed by atoms with Crippen molar-refractivity contribution >= 4 is 13.9 Å². The SMILES string of the molecule is COC1O[C@]2(C(=O)C=C2[Si](C)(C)C)[C@@H]2OC(C)(C)OC12. The lowest BCUT2D eigenvalue weighted by Crippen LogP contribution is -2.61. The van der Waals surface area contributed by atoms with E-state index in [-0.39, 0.29) is 11.9 Å². The van der Waals surface area contributed by atoms with Crippen molar-refractivity contribution in [3.8, 4) is 0 Å². The van der Waals surface area contributed by atoms with Crippen molar-refractivity contribution < 1.29 is 23.7 Å². The second kappa shape index (κ2) is 4.01. The van der Waals surface area contributed by atoms with Crippen LogP contribution in [0.4, 0.5) is 0 Å². The highest BCUT2D eigenvalue weighted by atomic mass is 28.3. The maximum absolute atomic E-state index is 12.4. The average Bonchev–Trinajstić information content (AvgIpc) is 2.76. The Labute approximate surface area is 120 Å². The molecule has 0 radical (unpaired) electrons. The molecule has 2 saturated heterocycles. The molecular formula is C14H22O5Si. The predicted molar refractivity (Wildman–Crippen MR) is 74.9 cm³/mol. The predicted octanol–water partition coefficient (Wildman–Crippen LogP) is 1.63. The molecule has 5 nitrogen and oxygen atoms in total. The molecule has 0 aromatic heterocycles. The number of ketones is 1. The van der Waals surface area contributed by atoms with E-state index in [1.54, 1.807) is 13.2 Å². The van der Waals surface area contributed by atoms with Gasteiger partial charge >= 0.3 is 0 Å². The van der Waals surface area contributed by atoms with Crippen molar-refractivity contribution in [2.75, 3.05) is 7.11 Å². The molecule has 0 aromatic carbocycles. The summed E-state index contributed by atoms with van der Waals surface area (Å²) in [6.07, 6.45) is 0.377. The lowest BCUT2D eigenvalue weighted by atomic mass is 9.81. The van der Waals surface area contributed by atoms with Crippen LogP contribution in [0.25, 0.3) is 0 Å². The molecule has 3 rings (SSSR count). The van der Waals surface area contributed by atoms with Crippen LogP contribution in [0.2, 0.25) is 19.6 Å². The van der Waals surface area contributed by atoms with E-state index in [1.165, 1.54) is 0 Å².